The van der Waals surface area contributed by atoms with Crippen LogP contribution in [0.1, 0.15) is 5.56 Å². The summed E-state index contributed by atoms with van der Waals surface area (Å²) in [5.41, 5.74) is 1.29. The lowest BCUT2D eigenvalue weighted by Crippen LogP contribution is -2.14. The third-order valence-corrected chi connectivity index (χ3v) is 6.08. The Morgan fingerprint density at radius 3 is 2.45 bits per heavy atom. The van der Waals surface area contributed by atoms with Crippen LogP contribution in [0.3, 0.4) is 0 Å². The highest BCUT2D eigenvalue weighted by atomic mass is 35.5. The fourth-order valence-electron chi connectivity index (χ4n) is 2.59. The van der Waals surface area contributed by atoms with Crippen LogP contribution in [0.2, 0.25) is 10.0 Å². The van der Waals surface area contributed by atoms with Gasteiger partial charge < -0.3 is 10.1 Å². The number of hydrogen-bond donors (Lipinski definition) is 2. The molecule has 31 heavy (non-hydrogen) atoms. The molecule has 9 heteroatoms. The minimum absolute atomic E-state index is 0.0566. The molecule has 0 fully saturated rings. The van der Waals surface area contributed by atoms with E-state index in [2.05, 4.69) is 10.0 Å². The summed E-state index contributed by atoms with van der Waals surface area (Å²) >= 11 is 12.0. The van der Waals surface area contributed by atoms with Gasteiger partial charge in [-0.2, -0.15) is 0 Å². The summed E-state index contributed by atoms with van der Waals surface area (Å²) in [6.45, 7) is 0. The molecular weight excluding hydrogens is 459 g/mol. The Labute approximate surface area is 190 Å². The van der Waals surface area contributed by atoms with Gasteiger partial charge in [0, 0.05) is 16.8 Å². The molecule has 2 N–H and O–H groups in total. The molecular formula is C22H18Cl2N2O4S. The van der Waals surface area contributed by atoms with Crippen molar-refractivity contribution in [2.24, 2.45) is 0 Å². The Morgan fingerprint density at radius 1 is 1.00 bits per heavy atom. The molecule has 160 valence electrons. The second-order valence-electron chi connectivity index (χ2n) is 6.35. The molecule has 0 unspecified atom stereocenters. The van der Waals surface area contributed by atoms with Gasteiger partial charge in [-0.15, -0.1) is 0 Å². The van der Waals surface area contributed by atoms with Crippen molar-refractivity contribution < 1.29 is 17.9 Å². The fourth-order valence-corrected chi connectivity index (χ4v) is 3.97. The van der Waals surface area contributed by atoms with Crippen LogP contribution in [-0.2, 0) is 14.8 Å². The average molecular weight is 477 g/mol. The highest BCUT2D eigenvalue weighted by Gasteiger charge is 2.17. The molecule has 3 rings (SSSR count). The Kier molecular flexibility index (Phi) is 7.22. The van der Waals surface area contributed by atoms with Gasteiger partial charge in [0.1, 0.15) is 5.75 Å². The van der Waals surface area contributed by atoms with Crippen LogP contribution in [0.15, 0.2) is 77.7 Å². The van der Waals surface area contributed by atoms with Gasteiger partial charge in [0.15, 0.2) is 0 Å². The Bertz CT molecular complexity index is 1230. The van der Waals surface area contributed by atoms with Crippen molar-refractivity contribution in [3.8, 4) is 5.75 Å². The van der Waals surface area contributed by atoms with Crippen molar-refractivity contribution in [2.75, 3.05) is 17.1 Å². The molecule has 0 aromatic heterocycles. The van der Waals surface area contributed by atoms with E-state index in [-0.39, 0.29) is 15.6 Å². The number of sulfonamides is 1. The summed E-state index contributed by atoms with van der Waals surface area (Å²) in [6.07, 6.45) is 2.92. The molecule has 1 amide bonds. The monoisotopic (exact) mass is 476 g/mol. The first-order valence-electron chi connectivity index (χ1n) is 8.98. The van der Waals surface area contributed by atoms with E-state index in [4.69, 9.17) is 27.9 Å². The van der Waals surface area contributed by atoms with Gasteiger partial charge in [0.05, 0.1) is 22.7 Å². The third kappa shape index (κ3) is 6.24. The van der Waals surface area contributed by atoms with Crippen LogP contribution in [0.4, 0.5) is 11.4 Å². The van der Waals surface area contributed by atoms with Gasteiger partial charge in [-0.05, 0) is 66.2 Å². The maximum atomic E-state index is 12.7. The van der Waals surface area contributed by atoms with E-state index in [1.807, 2.05) is 6.07 Å². The number of halogens is 2. The van der Waals surface area contributed by atoms with Crippen LogP contribution in [0.5, 0.6) is 5.75 Å². The molecule has 3 aromatic rings. The lowest BCUT2D eigenvalue weighted by atomic mass is 10.2. The number of benzene rings is 3. The lowest BCUT2D eigenvalue weighted by molar-refractivity contribution is -0.111. The van der Waals surface area contributed by atoms with Gasteiger partial charge in [-0.1, -0.05) is 35.3 Å². The van der Waals surface area contributed by atoms with E-state index in [9.17, 15) is 13.2 Å². The lowest BCUT2D eigenvalue weighted by Gasteiger charge is -2.11. The minimum Gasteiger partial charge on any atom is -0.497 e. The van der Waals surface area contributed by atoms with E-state index < -0.39 is 15.9 Å². The number of ether oxygens (including phenoxy) is 1. The Morgan fingerprint density at radius 2 is 1.74 bits per heavy atom. The number of methoxy groups -OCH3 is 1. The SMILES string of the molecule is COc1cccc(/C=C/C(=O)Nc2cc(S(=O)(=O)Nc3ccc(Cl)cc3)ccc2Cl)c1. The first-order valence-corrected chi connectivity index (χ1v) is 11.2. The number of rotatable bonds is 7. The summed E-state index contributed by atoms with van der Waals surface area (Å²) in [5.74, 6) is 0.196. The van der Waals surface area contributed by atoms with Gasteiger partial charge in [0.2, 0.25) is 5.91 Å². The zero-order chi connectivity index (χ0) is 22.4. The predicted octanol–water partition coefficient (Wildman–Crippen LogP) is 5.45. The van der Waals surface area contributed by atoms with Crippen LogP contribution >= 0.6 is 23.2 Å². The predicted molar refractivity (Wildman–Crippen MR) is 124 cm³/mol. The number of nitrogens with one attached hydrogen (secondary N) is 2. The number of amides is 1. The molecule has 0 heterocycles. The molecule has 0 radical (unpaired) electrons. The van der Waals surface area contributed by atoms with Crippen LogP contribution < -0.4 is 14.8 Å². The second-order valence-corrected chi connectivity index (χ2v) is 8.88. The van der Waals surface area contributed by atoms with E-state index >= 15 is 0 Å². The third-order valence-electron chi connectivity index (χ3n) is 4.12. The molecule has 0 spiro atoms. The highest BCUT2D eigenvalue weighted by Crippen LogP contribution is 2.27. The molecule has 0 saturated carbocycles. The highest BCUT2D eigenvalue weighted by molar-refractivity contribution is 7.92. The summed E-state index contributed by atoms with van der Waals surface area (Å²) in [6, 6.07) is 17.4. The number of anilines is 2. The van der Waals surface area contributed by atoms with Crippen molar-refractivity contribution in [3.05, 3.63) is 88.4 Å². The molecule has 0 atom stereocenters. The smallest absolute Gasteiger partial charge is 0.261 e. The topological polar surface area (TPSA) is 84.5 Å². The Hall–Kier alpha value is -3.00. The molecule has 0 aliphatic heterocycles. The average Bonchev–Trinajstić information content (AvgIpc) is 2.75. The normalized spacial score (nSPS) is 11.3. The van der Waals surface area contributed by atoms with Gasteiger partial charge in [0.25, 0.3) is 10.0 Å². The van der Waals surface area contributed by atoms with Crippen molar-refractivity contribution in [2.45, 2.75) is 4.90 Å². The summed E-state index contributed by atoms with van der Waals surface area (Å²) in [7, 11) is -2.34. The summed E-state index contributed by atoms with van der Waals surface area (Å²) in [5, 5.41) is 3.28. The van der Waals surface area contributed by atoms with Crippen molar-refractivity contribution >= 4 is 56.6 Å². The standard InChI is InChI=1S/C22H18Cl2N2O4S/c1-30-18-4-2-3-15(13-18)5-12-22(27)25-21-14-19(10-11-20(21)24)31(28,29)26-17-8-6-16(23)7-9-17/h2-14,26H,1H3,(H,25,27)/b12-5+. The van der Waals surface area contributed by atoms with Gasteiger partial charge in [-0.25, -0.2) is 8.42 Å². The van der Waals surface area contributed by atoms with Gasteiger partial charge >= 0.3 is 0 Å². The number of hydrogen-bond acceptors (Lipinski definition) is 4. The first kappa shape index (κ1) is 22.7. The summed E-state index contributed by atoms with van der Waals surface area (Å²) in [4.78, 5) is 12.3. The second kappa shape index (κ2) is 9.87. The molecule has 0 aliphatic rings. The number of carbonyl (C=O) groups is 1. The zero-order valence-corrected chi connectivity index (χ0v) is 18.6. The number of carbonyl (C=O) groups excluding carboxylic acids is 1. The van der Waals surface area contributed by atoms with Crippen molar-refractivity contribution in [3.63, 3.8) is 0 Å². The Balaban J connectivity index is 1.76. The largest absolute Gasteiger partial charge is 0.497 e. The van der Waals surface area contributed by atoms with Crippen molar-refractivity contribution in [1.82, 2.24) is 0 Å². The zero-order valence-electron chi connectivity index (χ0n) is 16.3. The first-order chi connectivity index (χ1) is 14.8. The minimum atomic E-state index is -3.90. The van der Waals surface area contributed by atoms with E-state index in [1.165, 1.54) is 24.3 Å². The molecule has 0 aliphatic carbocycles. The van der Waals surface area contributed by atoms with Crippen LogP contribution in [-0.4, -0.2) is 21.4 Å². The quantitative estimate of drug-likeness (QED) is 0.443. The van der Waals surface area contributed by atoms with Crippen LogP contribution in [0.25, 0.3) is 6.08 Å². The van der Waals surface area contributed by atoms with Gasteiger partial charge in [-0.3, -0.25) is 9.52 Å². The maximum absolute atomic E-state index is 12.7. The fraction of sp³-hybridized carbons (Fsp3) is 0.0455. The molecule has 3 aromatic carbocycles. The van der Waals surface area contributed by atoms with Crippen LogP contribution in [0, 0.1) is 0 Å². The van der Waals surface area contributed by atoms with Crippen molar-refractivity contribution in [1.29, 1.82) is 0 Å². The maximum Gasteiger partial charge on any atom is 0.261 e. The summed E-state index contributed by atoms with van der Waals surface area (Å²) < 4.78 is 33.0. The van der Waals surface area contributed by atoms with E-state index in [1.54, 1.807) is 55.7 Å². The molecule has 6 nitrogen and oxygen atoms in total. The molecule has 0 saturated heterocycles. The van der Waals surface area contributed by atoms with E-state index in [0.29, 0.717) is 16.5 Å². The molecule has 0 bridgehead atoms. The van der Waals surface area contributed by atoms with E-state index in [0.717, 1.165) is 5.56 Å².